The number of rotatable bonds is 5. The summed E-state index contributed by atoms with van der Waals surface area (Å²) in [5.74, 6) is 4.28. The molecule has 0 spiro atoms. The van der Waals surface area contributed by atoms with Gasteiger partial charge in [0.25, 0.3) is 0 Å². The number of fused-ring (bicyclic) bond motifs is 1. The number of aliphatic hydroxyl groups excluding tert-OH is 1. The van der Waals surface area contributed by atoms with Crippen LogP contribution in [-0.2, 0) is 4.74 Å². The van der Waals surface area contributed by atoms with Crippen LogP contribution in [0.1, 0.15) is 47.0 Å². The first kappa shape index (κ1) is 17.5. The topological polar surface area (TPSA) is 49.7 Å². The molecule has 3 heteroatoms. The van der Waals surface area contributed by atoms with E-state index in [2.05, 4.69) is 32.8 Å². The maximum absolute atomic E-state index is 10.9. The monoisotopic (exact) mass is 306 g/mol. The van der Waals surface area contributed by atoms with Gasteiger partial charge in [-0.1, -0.05) is 25.5 Å². The second-order valence-electron chi connectivity index (χ2n) is 7.53. The zero-order valence-electron chi connectivity index (χ0n) is 14.2. The van der Waals surface area contributed by atoms with Crippen molar-refractivity contribution in [1.29, 1.82) is 0 Å². The predicted octanol–water partition coefficient (Wildman–Crippen LogP) is 2.77. The molecule has 1 fully saturated rings. The van der Waals surface area contributed by atoms with E-state index < -0.39 is 5.60 Å². The van der Waals surface area contributed by atoms with Gasteiger partial charge in [0.1, 0.15) is 0 Å². The van der Waals surface area contributed by atoms with Gasteiger partial charge in [-0.05, 0) is 32.1 Å². The summed E-state index contributed by atoms with van der Waals surface area (Å²) >= 11 is 0. The van der Waals surface area contributed by atoms with E-state index in [-0.39, 0.29) is 30.7 Å². The van der Waals surface area contributed by atoms with Crippen LogP contribution in [0.25, 0.3) is 0 Å². The van der Waals surface area contributed by atoms with Crippen LogP contribution in [0.5, 0.6) is 0 Å². The van der Waals surface area contributed by atoms with Gasteiger partial charge in [0, 0.05) is 31.3 Å². The first-order valence-electron chi connectivity index (χ1n) is 8.42. The van der Waals surface area contributed by atoms with E-state index in [4.69, 9.17) is 11.2 Å². The van der Waals surface area contributed by atoms with Gasteiger partial charge < -0.3 is 14.9 Å². The molecule has 1 aliphatic heterocycles. The smallest absolute Gasteiger partial charge is 0.0905 e. The molecule has 0 aromatic carbocycles. The Kier molecular flexibility index (Phi) is 5.37. The van der Waals surface area contributed by atoms with Crippen molar-refractivity contribution in [3.8, 4) is 12.3 Å². The van der Waals surface area contributed by atoms with Gasteiger partial charge in [-0.25, -0.2) is 0 Å². The number of allylic oxidation sites excluding steroid dienone is 1. The van der Waals surface area contributed by atoms with E-state index in [1.807, 2.05) is 0 Å². The molecule has 1 saturated heterocycles. The van der Waals surface area contributed by atoms with Gasteiger partial charge in [-0.15, -0.1) is 12.3 Å². The number of terminal acetylenes is 1. The lowest BCUT2D eigenvalue weighted by molar-refractivity contribution is -0.121. The SMILES string of the molecule is C#CC[C@@H]1O[C@H]([C@@](C)(O)CCO)[C@@H]2[C@H]1C(C)=CC[C@H]2C(C)C. The first-order valence-corrected chi connectivity index (χ1v) is 8.42. The molecule has 2 aliphatic rings. The van der Waals surface area contributed by atoms with Crippen molar-refractivity contribution in [1.82, 2.24) is 0 Å². The normalized spacial score (nSPS) is 37.4. The van der Waals surface area contributed by atoms with Crippen LogP contribution in [0, 0.1) is 36.0 Å². The molecule has 3 nitrogen and oxygen atoms in total. The maximum atomic E-state index is 10.9. The highest BCUT2D eigenvalue weighted by Crippen LogP contribution is 2.52. The Morgan fingerprint density at radius 2 is 2.18 bits per heavy atom. The van der Waals surface area contributed by atoms with E-state index >= 15 is 0 Å². The Bertz CT molecular complexity index is 458. The molecule has 1 heterocycles. The molecule has 22 heavy (non-hydrogen) atoms. The van der Waals surface area contributed by atoms with Gasteiger partial charge >= 0.3 is 0 Å². The highest BCUT2D eigenvalue weighted by atomic mass is 16.5. The minimum atomic E-state index is -1.02. The summed E-state index contributed by atoms with van der Waals surface area (Å²) in [4.78, 5) is 0. The van der Waals surface area contributed by atoms with Crippen LogP contribution in [0.2, 0.25) is 0 Å². The average Bonchev–Trinajstić information content (AvgIpc) is 2.80. The molecular weight excluding hydrogens is 276 g/mol. The number of hydrogen-bond acceptors (Lipinski definition) is 3. The zero-order valence-corrected chi connectivity index (χ0v) is 14.2. The summed E-state index contributed by atoms with van der Waals surface area (Å²) in [6, 6.07) is 0. The lowest BCUT2D eigenvalue weighted by Gasteiger charge is -2.42. The molecule has 124 valence electrons. The lowest BCUT2D eigenvalue weighted by Crippen LogP contribution is -2.48. The Balaban J connectivity index is 2.39. The second kappa shape index (κ2) is 6.74. The summed E-state index contributed by atoms with van der Waals surface area (Å²) in [6.07, 6.45) is 9.50. The van der Waals surface area contributed by atoms with Crippen LogP contribution in [0.4, 0.5) is 0 Å². The number of ether oxygens (including phenoxy) is 1. The van der Waals surface area contributed by atoms with E-state index in [0.717, 1.165) is 6.42 Å². The maximum Gasteiger partial charge on any atom is 0.0905 e. The van der Waals surface area contributed by atoms with E-state index in [0.29, 0.717) is 24.7 Å². The fourth-order valence-electron chi connectivity index (χ4n) is 4.44. The average molecular weight is 306 g/mol. The van der Waals surface area contributed by atoms with Crippen LogP contribution in [-0.4, -0.2) is 34.6 Å². The molecule has 0 radical (unpaired) electrons. The first-order chi connectivity index (χ1) is 10.3. The van der Waals surface area contributed by atoms with Crippen LogP contribution >= 0.6 is 0 Å². The summed E-state index contributed by atoms with van der Waals surface area (Å²) in [5.41, 5.74) is 0.315. The van der Waals surface area contributed by atoms with Crippen LogP contribution in [0.15, 0.2) is 11.6 Å². The van der Waals surface area contributed by atoms with Gasteiger partial charge in [-0.2, -0.15) is 0 Å². The van der Waals surface area contributed by atoms with Crippen LogP contribution < -0.4 is 0 Å². The van der Waals surface area contributed by atoms with Crippen molar-refractivity contribution in [2.75, 3.05) is 6.61 Å². The summed E-state index contributed by atoms with van der Waals surface area (Å²) in [7, 11) is 0. The summed E-state index contributed by atoms with van der Waals surface area (Å²) in [5, 5.41) is 20.2. The minimum Gasteiger partial charge on any atom is -0.396 e. The van der Waals surface area contributed by atoms with Crippen molar-refractivity contribution >= 4 is 0 Å². The molecule has 2 N–H and O–H groups in total. The molecule has 0 aromatic rings. The largest absolute Gasteiger partial charge is 0.396 e. The molecule has 0 aromatic heterocycles. The minimum absolute atomic E-state index is 0.0250. The van der Waals surface area contributed by atoms with Crippen molar-refractivity contribution in [2.24, 2.45) is 23.7 Å². The molecule has 0 amide bonds. The van der Waals surface area contributed by atoms with Crippen molar-refractivity contribution < 1.29 is 14.9 Å². The van der Waals surface area contributed by atoms with E-state index in [1.165, 1.54) is 5.57 Å². The third-order valence-corrected chi connectivity index (χ3v) is 5.62. The highest BCUT2D eigenvalue weighted by Gasteiger charge is 2.55. The van der Waals surface area contributed by atoms with Crippen molar-refractivity contribution in [3.63, 3.8) is 0 Å². The van der Waals surface area contributed by atoms with Crippen molar-refractivity contribution in [3.05, 3.63) is 11.6 Å². The molecular formula is C19H30O3. The van der Waals surface area contributed by atoms with E-state index in [9.17, 15) is 10.2 Å². The standard InChI is InChI=1S/C19H30O3/c1-6-7-15-16-13(4)8-9-14(12(2)3)17(16)18(22-15)19(5,21)10-11-20/h1,8,12,14-18,20-21H,7,9-11H2,2-5H3/t14-,15-,16-,17-,18-,19-/m0/s1. The Hall–Kier alpha value is -0.820. The Morgan fingerprint density at radius 1 is 1.50 bits per heavy atom. The second-order valence-corrected chi connectivity index (χ2v) is 7.53. The number of hydrogen-bond donors (Lipinski definition) is 2. The summed E-state index contributed by atoms with van der Waals surface area (Å²) < 4.78 is 6.27. The zero-order chi connectivity index (χ0) is 16.5. The molecule has 0 unspecified atom stereocenters. The molecule has 6 atom stereocenters. The van der Waals surface area contributed by atoms with E-state index in [1.54, 1.807) is 6.92 Å². The van der Waals surface area contributed by atoms with Gasteiger partial charge in [0.15, 0.2) is 0 Å². The molecule has 2 rings (SSSR count). The van der Waals surface area contributed by atoms with Crippen LogP contribution in [0.3, 0.4) is 0 Å². The quantitative estimate of drug-likeness (QED) is 0.606. The molecule has 0 bridgehead atoms. The fraction of sp³-hybridized carbons (Fsp3) is 0.789. The molecule has 0 saturated carbocycles. The third-order valence-electron chi connectivity index (χ3n) is 5.62. The Morgan fingerprint density at radius 3 is 2.73 bits per heavy atom. The lowest BCUT2D eigenvalue weighted by atomic mass is 9.63. The summed E-state index contributed by atoms with van der Waals surface area (Å²) in [6.45, 7) is 8.38. The van der Waals surface area contributed by atoms with Crippen molar-refractivity contribution in [2.45, 2.75) is 64.8 Å². The molecule has 1 aliphatic carbocycles. The van der Waals surface area contributed by atoms with Gasteiger partial charge in [-0.3, -0.25) is 0 Å². The number of aliphatic hydroxyl groups is 2. The highest BCUT2D eigenvalue weighted by molar-refractivity contribution is 5.20. The van der Waals surface area contributed by atoms with Gasteiger partial charge in [0.05, 0.1) is 17.8 Å². The fourth-order valence-corrected chi connectivity index (χ4v) is 4.44. The predicted molar refractivity (Wildman–Crippen MR) is 88.1 cm³/mol. The third kappa shape index (κ3) is 3.11. The Labute approximate surface area is 134 Å². The van der Waals surface area contributed by atoms with Gasteiger partial charge in [0.2, 0.25) is 0 Å².